The highest BCUT2D eigenvalue weighted by Crippen LogP contribution is 2.23. The number of halogens is 1. The van der Waals surface area contributed by atoms with E-state index in [1.165, 1.54) is 18.2 Å². The van der Waals surface area contributed by atoms with Gasteiger partial charge >= 0.3 is 6.09 Å². The van der Waals surface area contributed by atoms with E-state index < -0.39 is 24.1 Å². The molecule has 1 aliphatic rings. The molecule has 2 heterocycles. The number of nitrogens with zero attached hydrogens (tertiary/aromatic N) is 3. The quantitative estimate of drug-likeness (QED) is 0.828. The number of hydrogen-bond acceptors (Lipinski definition) is 4. The molecule has 1 aromatic heterocycles. The maximum Gasteiger partial charge on any atom is 0.407 e. The zero-order valence-corrected chi connectivity index (χ0v) is 11.5. The highest BCUT2D eigenvalue weighted by molar-refractivity contribution is 5.83. The van der Waals surface area contributed by atoms with E-state index >= 15 is 0 Å². The van der Waals surface area contributed by atoms with Gasteiger partial charge in [-0.2, -0.15) is 0 Å². The second kappa shape index (κ2) is 5.38. The Bertz CT molecular complexity index is 745. The molecule has 22 heavy (non-hydrogen) atoms. The molecule has 1 fully saturated rings. The molecule has 1 aromatic carbocycles. The van der Waals surface area contributed by atoms with Crippen LogP contribution in [0.2, 0.25) is 0 Å². The maximum atomic E-state index is 13.2. The zero-order chi connectivity index (χ0) is 15.9. The van der Waals surface area contributed by atoms with Crippen LogP contribution in [-0.2, 0) is 6.54 Å². The number of carbonyl (C=O) groups excluding carboxylic acids is 1. The minimum atomic E-state index is -1.12. The molecule has 0 spiro atoms. The Morgan fingerprint density at radius 3 is 2.95 bits per heavy atom. The average molecular weight is 307 g/mol. The van der Waals surface area contributed by atoms with Gasteiger partial charge in [-0.05, 0) is 18.6 Å². The third-order valence-electron chi connectivity index (χ3n) is 3.88. The van der Waals surface area contributed by atoms with Crippen molar-refractivity contribution in [3.8, 4) is 0 Å². The maximum absolute atomic E-state index is 13.2. The van der Waals surface area contributed by atoms with Crippen molar-refractivity contribution in [2.75, 3.05) is 6.54 Å². The van der Waals surface area contributed by atoms with Crippen molar-refractivity contribution in [1.82, 2.24) is 14.5 Å². The van der Waals surface area contributed by atoms with Crippen LogP contribution >= 0.6 is 0 Å². The molecule has 7 nitrogen and oxygen atoms in total. The number of carboxylic acid groups (broad SMARTS) is 1. The van der Waals surface area contributed by atoms with Crippen molar-refractivity contribution in [2.24, 2.45) is 0 Å². The molecule has 2 N–H and O–H groups in total. The predicted octanol–water partition coefficient (Wildman–Crippen LogP) is 1.10. The van der Waals surface area contributed by atoms with Gasteiger partial charge in [-0.25, -0.2) is 14.2 Å². The van der Waals surface area contributed by atoms with E-state index in [1.807, 2.05) is 0 Å². The number of hydrogen-bond donors (Lipinski definition) is 2. The Kier molecular flexibility index (Phi) is 3.53. The third kappa shape index (κ3) is 2.41. The van der Waals surface area contributed by atoms with Gasteiger partial charge < -0.3 is 19.7 Å². The Morgan fingerprint density at radius 2 is 2.27 bits per heavy atom. The first-order chi connectivity index (χ1) is 10.5. The third-order valence-corrected chi connectivity index (χ3v) is 3.88. The summed E-state index contributed by atoms with van der Waals surface area (Å²) in [6.07, 6.45) is -1.02. The molecule has 3 rings (SSSR count). The van der Waals surface area contributed by atoms with Crippen LogP contribution in [0.15, 0.2) is 18.2 Å². The van der Waals surface area contributed by atoms with Gasteiger partial charge in [0.2, 0.25) is 0 Å². The molecule has 1 aliphatic heterocycles. The fraction of sp³-hybridized carbons (Fsp3) is 0.357. The summed E-state index contributed by atoms with van der Waals surface area (Å²) < 4.78 is 14.8. The summed E-state index contributed by atoms with van der Waals surface area (Å²) in [7, 11) is 0. The van der Waals surface area contributed by atoms with E-state index in [1.54, 1.807) is 4.57 Å². The lowest BCUT2D eigenvalue weighted by molar-refractivity contribution is 0.110. The van der Waals surface area contributed by atoms with E-state index in [0.717, 1.165) is 4.90 Å². The molecule has 0 bridgehead atoms. The topological polar surface area (TPSA) is 95.7 Å². The van der Waals surface area contributed by atoms with Crippen LogP contribution in [0.25, 0.3) is 11.0 Å². The molecule has 2 unspecified atom stereocenters. The summed E-state index contributed by atoms with van der Waals surface area (Å²) in [6.45, 7) is 0.219. The fourth-order valence-corrected chi connectivity index (χ4v) is 2.91. The first-order valence-electron chi connectivity index (χ1n) is 6.78. The number of aliphatic hydroxyl groups excluding tert-OH is 1. The van der Waals surface area contributed by atoms with Gasteiger partial charge in [0, 0.05) is 12.6 Å². The zero-order valence-electron chi connectivity index (χ0n) is 11.5. The molecule has 8 heteroatoms. The minimum absolute atomic E-state index is 0.0394. The number of likely N-dealkylation sites (tertiary alicyclic amines) is 1. The van der Waals surface area contributed by atoms with Crippen LogP contribution in [0, 0.1) is 5.82 Å². The van der Waals surface area contributed by atoms with E-state index in [4.69, 9.17) is 0 Å². The Labute approximate surface area is 124 Å². The molecule has 0 radical (unpaired) electrons. The monoisotopic (exact) mass is 307 g/mol. The highest BCUT2D eigenvalue weighted by atomic mass is 19.1. The molecule has 0 saturated carbocycles. The van der Waals surface area contributed by atoms with E-state index in [2.05, 4.69) is 4.98 Å². The first-order valence-corrected chi connectivity index (χ1v) is 6.78. The average Bonchev–Trinajstić information content (AvgIpc) is 3.00. The number of amides is 1. The molecule has 1 amide bonds. The van der Waals surface area contributed by atoms with Crippen LogP contribution in [0.4, 0.5) is 9.18 Å². The predicted molar refractivity (Wildman–Crippen MR) is 74.2 cm³/mol. The number of aromatic nitrogens is 2. The summed E-state index contributed by atoms with van der Waals surface area (Å²) in [6, 6.07) is 3.51. The summed E-state index contributed by atoms with van der Waals surface area (Å²) in [5.41, 5.74) is 0.887. The second-order valence-corrected chi connectivity index (χ2v) is 5.31. The Balaban J connectivity index is 1.99. The molecular weight excluding hydrogens is 293 g/mol. The number of β-amino-alcohol motifs (C(OH)–C–C–N with tert-alkyl or cyclic N) is 1. The lowest BCUT2D eigenvalue weighted by atomic mass is 10.2. The van der Waals surface area contributed by atoms with Gasteiger partial charge in [0.15, 0.2) is 12.1 Å². The summed E-state index contributed by atoms with van der Waals surface area (Å²) in [5.74, 6) is -0.356. The number of aldehydes is 1. The van der Waals surface area contributed by atoms with Gasteiger partial charge in [0.25, 0.3) is 0 Å². The van der Waals surface area contributed by atoms with Crippen molar-refractivity contribution in [3.05, 3.63) is 29.8 Å². The summed E-state index contributed by atoms with van der Waals surface area (Å²) >= 11 is 0. The second-order valence-electron chi connectivity index (χ2n) is 5.31. The van der Waals surface area contributed by atoms with Crippen molar-refractivity contribution in [3.63, 3.8) is 0 Å². The Hall–Kier alpha value is -2.48. The molecule has 116 valence electrons. The van der Waals surface area contributed by atoms with Crippen molar-refractivity contribution >= 4 is 23.4 Å². The van der Waals surface area contributed by atoms with Gasteiger partial charge in [-0.1, -0.05) is 0 Å². The van der Waals surface area contributed by atoms with Gasteiger partial charge in [-0.15, -0.1) is 0 Å². The lowest BCUT2D eigenvalue weighted by Crippen LogP contribution is -2.37. The molecule has 2 atom stereocenters. The van der Waals surface area contributed by atoms with Crippen LogP contribution in [0.1, 0.15) is 17.0 Å². The number of fused-ring (bicyclic) bond motifs is 1. The van der Waals surface area contributed by atoms with Gasteiger partial charge in [0.05, 0.1) is 29.7 Å². The SMILES string of the molecule is O=Cc1nc2cc(F)ccc2n1CC1CC(O)CN1C(=O)O. The molecule has 2 aromatic rings. The molecule has 1 saturated heterocycles. The normalized spacial score (nSPS) is 21.5. The van der Waals surface area contributed by atoms with E-state index in [9.17, 15) is 24.2 Å². The van der Waals surface area contributed by atoms with Gasteiger partial charge in [-0.3, -0.25) is 4.79 Å². The highest BCUT2D eigenvalue weighted by Gasteiger charge is 2.35. The lowest BCUT2D eigenvalue weighted by Gasteiger charge is -2.22. The number of benzene rings is 1. The largest absolute Gasteiger partial charge is 0.465 e. The van der Waals surface area contributed by atoms with Crippen molar-refractivity contribution in [2.45, 2.75) is 25.1 Å². The summed E-state index contributed by atoms with van der Waals surface area (Å²) in [5, 5.41) is 18.9. The minimum Gasteiger partial charge on any atom is -0.465 e. The standard InChI is InChI=1S/C14H14FN3O4/c15-8-1-2-12-11(3-8)16-13(7-19)18(12)5-9-4-10(20)6-17(9)14(21)22/h1-3,7,9-10,20H,4-6H2,(H,21,22). The van der Waals surface area contributed by atoms with E-state index in [0.29, 0.717) is 17.3 Å². The number of aliphatic hydroxyl groups is 1. The van der Waals surface area contributed by atoms with Crippen molar-refractivity contribution < 1.29 is 24.2 Å². The summed E-state index contributed by atoms with van der Waals surface area (Å²) in [4.78, 5) is 27.6. The van der Waals surface area contributed by atoms with Gasteiger partial charge in [0.1, 0.15) is 5.82 Å². The molecule has 0 aliphatic carbocycles. The Morgan fingerprint density at radius 1 is 1.50 bits per heavy atom. The number of rotatable bonds is 3. The first kappa shape index (κ1) is 14.5. The number of imidazole rings is 1. The smallest absolute Gasteiger partial charge is 0.407 e. The number of carbonyl (C=O) groups is 2. The fourth-order valence-electron chi connectivity index (χ4n) is 2.91. The van der Waals surface area contributed by atoms with Crippen molar-refractivity contribution in [1.29, 1.82) is 0 Å². The van der Waals surface area contributed by atoms with Crippen LogP contribution in [0.3, 0.4) is 0 Å². The molecular formula is C14H14FN3O4. The van der Waals surface area contributed by atoms with Crippen LogP contribution < -0.4 is 0 Å². The van der Waals surface area contributed by atoms with Crippen LogP contribution in [-0.4, -0.2) is 55.7 Å². The van der Waals surface area contributed by atoms with E-state index in [-0.39, 0.29) is 25.3 Å². The van der Waals surface area contributed by atoms with Crippen LogP contribution in [0.5, 0.6) is 0 Å².